The van der Waals surface area contributed by atoms with E-state index in [-0.39, 0.29) is 29.3 Å². The molecule has 5 nitrogen and oxygen atoms in total. The van der Waals surface area contributed by atoms with E-state index in [1.165, 1.54) is 23.0 Å². The number of nitrogens with two attached hydrogens (primary N) is 1. The number of alkyl halides is 3. The summed E-state index contributed by atoms with van der Waals surface area (Å²) in [6.45, 7) is 3.53. The van der Waals surface area contributed by atoms with Gasteiger partial charge in [0, 0.05) is 28.8 Å². The molecule has 0 aliphatic heterocycles. The van der Waals surface area contributed by atoms with Crippen LogP contribution < -0.4 is 11.1 Å². The maximum absolute atomic E-state index is 13.3. The fourth-order valence-electron chi connectivity index (χ4n) is 2.54. The molecule has 1 aromatic heterocycles. The molecule has 0 saturated carbocycles. The molecule has 3 aromatic rings. The number of aryl methyl sites for hydroxylation is 2. The highest BCUT2D eigenvalue weighted by molar-refractivity contribution is 6.05. The summed E-state index contributed by atoms with van der Waals surface area (Å²) in [6.07, 6.45) is -1.54. The first-order valence-corrected chi connectivity index (χ1v) is 8.04. The van der Waals surface area contributed by atoms with Gasteiger partial charge >= 0.3 is 6.18 Å². The Labute approximate surface area is 165 Å². The van der Waals surface area contributed by atoms with Crippen molar-refractivity contribution in [3.05, 3.63) is 71.3 Å². The molecule has 0 spiro atoms. The van der Waals surface area contributed by atoms with Crippen LogP contribution in [0.25, 0.3) is 5.69 Å². The number of nitrogen functional groups attached to an aromatic ring is 1. The first-order valence-electron chi connectivity index (χ1n) is 8.04. The second-order valence-corrected chi connectivity index (χ2v) is 6.21. The van der Waals surface area contributed by atoms with Gasteiger partial charge in [0.25, 0.3) is 5.91 Å². The quantitative estimate of drug-likeness (QED) is 0.611. The SMILES string of the molecule is Cc1cn(-c2cc(NC(=O)c3ccc(C)c(N)c3)cc(C(F)(F)F)c2)cn1.Cl. The van der Waals surface area contributed by atoms with Gasteiger partial charge in [-0.2, -0.15) is 13.2 Å². The summed E-state index contributed by atoms with van der Waals surface area (Å²) in [4.78, 5) is 16.4. The van der Waals surface area contributed by atoms with Crippen molar-refractivity contribution in [2.45, 2.75) is 20.0 Å². The number of benzene rings is 2. The molecule has 9 heteroatoms. The van der Waals surface area contributed by atoms with Gasteiger partial charge in [0.15, 0.2) is 0 Å². The second kappa shape index (κ2) is 7.93. The third-order valence-corrected chi connectivity index (χ3v) is 4.05. The number of nitrogens with one attached hydrogen (secondary N) is 1. The van der Waals surface area contributed by atoms with Crippen LogP contribution in [0.5, 0.6) is 0 Å². The summed E-state index contributed by atoms with van der Waals surface area (Å²) in [5, 5.41) is 2.51. The highest BCUT2D eigenvalue weighted by atomic mass is 35.5. The van der Waals surface area contributed by atoms with Gasteiger partial charge in [-0.05, 0) is 49.7 Å². The highest BCUT2D eigenvalue weighted by Gasteiger charge is 2.31. The Kier molecular flexibility index (Phi) is 6.04. The molecule has 0 aliphatic carbocycles. The fraction of sp³-hybridized carbons (Fsp3) is 0.158. The van der Waals surface area contributed by atoms with Crippen molar-refractivity contribution in [1.29, 1.82) is 0 Å². The van der Waals surface area contributed by atoms with Crippen LogP contribution in [0.2, 0.25) is 0 Å². The first kappa shape index (κ1) is 21.3. The van der Waals surface area contributed by atoms with E-state index < -0.39 is 17.6 Å². The summed E-state index contributed by atoms with van der Waals surface area (Å²) in [5.41, 5.74) is 7.35. The molecular weight excluding hydrogens is 393 g/mol. The number of amides is 1. The zero-order valence-corrected chi connectivity index (χ0v) is 15.9. The lowest BCUT2D eigenvalue weighted by Gasteiger charge is -2.14. The second-order valence-electron chi connectivity index (χ2n) is 6.21. The zero-order valence-electron chi connectivity index (χ0n) is 15.0. The predicted molar refractivity (Wildman–Crippen MR) is 104 cm³/mol. The number of imidazole rings is 1. The third kappa shape index (κ3) is 4.64. The van der Waals surface area contributed by atoms with E-state index >= 15 is 0 Å². The van der Waals surface area contributed by atoms with Crippen LogP contribution in [-0.4, -0.2) is 15.5 Å². The number of halogens is 4. The number of carbonyl (C=O) groups excluding carboxylic acids is 1. The molecule has 28 heavy (non-hydrogen) atoms. The van der Waals surface area contributed by atoms with E-state index in [0.29, 0.717) is 11.4 Å². The largest absolute Gasteiger partial charge is 0.416 e. The fourth-order valence-corrected chi connectivity index (χ4v) is 2.54. The Morgan fingerprint density at radius 1 is 1.14 bits per heavy atom. The Balaban J connectivity index is 0.00000280. The highest BCUT2D eigenvalue weighted by Crippen LogP contribution is 2.33. The van der Waals surface area contributed by atoms with Crippen molar-refractivity contribution in [1.82, 2.24) is 9.55 Å². The average Bonchev–Trinajstić information content (AvgIpc) is 3.02. The van der Waals surface area contributed by atoms with Crippen molar-refractivity contribution in [3.63, 3.8) is 0 Å². The molecule has 1 heterocycles. The van der Waals surface area contributed by atoms with Crippen LogP contribution in [0.15, 0.2) is 48.9 Å². The third-order valence-electron chi connectivity index (χ3n) is 4.05. The summed E-state index contributed by atoms with van der Waals surface area (Å²) in [6, 6.07) is 8.07. The molecule has 0 fully saturated rings. The Morgan fingerprint density at radius 3 is 2.43 bits per heavy atom. The van der Waals surface area contributed by atoms with E-state index in [4.69, 9.17) is 5.73 Å². The number of aromatic nitrogens is 2. The zero-order chi connectivity index (χ0) is 19.8. The van der Waals surface area contributed by atoms with Crippen LogP contribution in [0, 0.1) is 13.8 Å². The van der Waals surface area contributed by atoms with Crippen molar-refractivity contribution >= 4 is 29.7 Å². The van der Waals surface area contributed by atoms with E-state index in [2.05, 4.69) is 10.3 Å². The first-order chi connectivity index (χ1) is 12.6. The van der Waals surface area contributed by atoms with Crippen molar-refractivity contribution < 1.29 is 18.0 Å². The molecule has 0 unspecified atom stereocenters. The molecule has 0 radical (unpaired) electrons. The van der Waals surface area contributed by atoms with Crippen LogP contribution in [-0.2, 0) is 6.18 Å². The monoisotopic (exact) mass is 410 g/mol. The van der Waals surface area contributed by atoms with Gasteiger partial charge in [-0.3, -0.25) is 4.79 Å². The Bertz CT molecular complexity index is 1010. The van der Waals surface area contributed by atoms with E-state index in [1.807, 2.05) is 0 Å². The molecule has 3 N–H and O–H groups in total. The number of hydrogen-bond donors (Lipinski definition) is 2. The summed E-state index contributed by atoms with van der Waals surface area (Å²) in [5.74, 6) is -0.547. The Morgan fingerprint density at radius 2 is 1.86 bits per heavy atom. The van der Waals surface area contributed by atoms with Gasteiger partial charge in [-0.1, -0.05) is 6.07 Å². The molecule has 1 amide bonds. The predicted octanol–water partition coefficient (Wildman–Crippen LogP) is 4.76. The summed E-state index contributed by atoms with van der Waals surface area (Å²) >= 11 is 0. The minimum Gasteiger partial charge on any atom is -0.398 e. The number of rotatable bonds is 3. The van der Waals surface area contributed by atoms with E-state index in [1.54, 1.807) is 32.2 Å². The van der Waals surface area contributed by atoms with Gasteiger partial charge in [0.2, 0.25) is 0 Å². The normalized spacial score (nSPS) is 11.0. The summed E-state index contributed by atoms with van der Waals surface area (Å²) < 4.78 is 41.3. The lowest BCUT2D eigenvalue weighted by atomic mass is 10.1. The molecule has 3 rings (SSSR count). The number of carbonyl (C=O) groups is 1. The smallest absolute Gasteiger partial charge is 0.398 e. The van der Waals surface area contributed by atoms with Crippen molar-refractivity contribution in [2.75, 3.05) is 11.1 Å². The molecule has 0 atom stereocenters. The molecule has 0 bridgehead atoms. The standard InChI is InChI=1S/C19H17F3N4O.ClH/c1-11-3-4-13(5-17(11)23)18(27)25-15-6-14(19(20,21)22)7-16(8-15)26-9-12(2)24-10-26;/h3-10H,23H2,1-2H3,(H,25,27);1H. The van der Waals surface area contributed by atoms with Crippen LogP contribution >= 0.6 is 12.4 Å². The number of hydrogen-bond acceptors (Lipinski definition) is 3. The minimum absolute atomic E-state index is 0. The van der Waals surface area contributed by atoms with Gasteiger partial charge in [-0.25, -0.2) is 4.98 Å². The van der Waals surface area contributed by atoms with Crippen molar-refractivity contribution in [3.8, 4) is 5.69 Å². The van der Waals surface area contributed by atoms with Crippen LogP contribution in [0.3, 0.4) is 0 Å². The van der Waals surface area contributed by atoms with Crippen LogP contribution in [0.1, 0.15) is 27.2 Å². The minimum atomic E-state index is -4.56. The maximum Gasteiger partial charge on any atom is 0.416 e. The maximum atomic E-state index is 13.3. The van der Waals surface area contributed by atoms with Crippen molar-refractivity contribution in [2.24, 2.45) is 0 Å². The van der Waals surface area contributed by atoms with E-state index in [9.17, 15) is 18.0 Å². The van der Waals surface area contributed by atoms with Gasteiger partial charge in [0.05, 0.1) is 17.6 Å². The van der Waals surface area contributed by atoms with Gasteiger partial charge in [0.1, 0.15) is 0 Å². The molecule has 148 valence electrons. The molecule has 2 aromatic carbocycles. The lowest BCUT2D eigenvalue weighted by Crippen LogP contribution is -2.14. The molecular formula is C19H18ClF3N4O. The van der Waals surface area contributed by atoms with Gasteiger partial charge in [-0.15, -0.1) is 12.4 Å². The molecule has 0 aliphatic rings. The lowest BCUT2D eigenvalue weighted by molar-refractivity contribution is -0.137. The van der Waals surface area contributed by atoms with Gasteiger partial charge < -0.3 is 15.6 Å². The van der Waals surface area contributed by atoms with E-state index in [0.717, 1.165) is 17.7 Å². The topological polar surface area (TPSA) is 72.9 Å². The summed E-state index contributed by atoms with van der Waals surface area (Å²) in [7, 11) is 0. The Hall–Kier alpha value is -3.00. The number of anilines is 2. The number of nitrogens with zero attached hydrogens (tertiary/aromatic N) is 2. The van der Waals surface area contributed by atoms with Crippen LogP contribution in [0.4, 0.5) is 24.5 Å². The average molecular weight is 411 g/mol. The molecule has 0 saturated heterocycles.